The summed E-state index contributed by atoms with van der Waals surface area (Å²) in [6.07, 6.45) is 13.0. The molecule has 8 nitrogen and oxygen atoms in total. The fraction of sp³-hybridized carbons (Fsp3) is 0.867. The van der Waals surface area contributed by atoms with E-state index in [4.69, 9.17) is 14.2 Å². The zero-order valence-electron chi connectivity index (χ0n) is 24.5. The van der Waals surface area contributed by atoms with Crippen molar-refractivity contribution in [3.05, 3.63) is 0 Å². The summed E-state index contributed by atoms with van der Waals surface area (Å²) in [6.45, 7) is 9.07. The van der Waals surface area contributed by atoms with Crippen LogP contribution in [-0.4, -0.2) is 61.1 Å². The summed E-state index contributed by atoms with van der Waals surface area (Å²) in [5.74, 6) is -1.65. The highest BCUT2D eigenvalue weighted by Gasteiger charge is 2.34. The molecule has 0 N–H and O–H groups in total. The average Bonchev–Trinajstić information content (AvgIpc) is 3.24. The van der Waals surface area contributed by atoms with Crippen LogP contribution >= 0.6 is 0 Å². The number of amides is 1. The molecule has 0 aromatic carbocycles. The normalized spacial score (nSPS) is 17.7. The highest BCUT2D eigenvalue weighted by molar-refractivity contribution is 5.75. The summed E-state index contributed by atoms with van der Waals surface area (Å²) in [5.41, 5.74) is 0. The summed E-state index contributed by atoms with van der Waals surface area (Å²) in [5, 5.41) is 0. The molecule has 3 unspecified atom stereocenters. The summed E-state index contributed by atoms with van der Waals surface area (Å²) in [7, 11) is 0. The number of nitrogens with zero attached hydrogens (tertiary/aromatic N) is 1. The van der Waals surface area contributed by atoms with Crippen LogP contribution in [-0.2, 0) is 33.4 Å². The number of rotatable bonds is 21. The second-order valence-electron chi connectivity index (χ2n) is 10.9. The first kappa shape index (κ1) is 33.9. The highest BCUT2D eigenvalue weighted by atomic mass is 16.6. The second kappa shape index (κ2) is 20.8. The second-order valence-corrected chi connectivity index (χ2v) is 10.9. The van der Waals surface area contributed by atoms with Crippen molar-refractivity contribution in [3.63, 3.8) is 0 Å². The molecule has 38 heavy (non-hydrogen) atoms. The van der Waals surface area contributed by atoms with Gasteiger partial charge in [-0.3, -0.25) is 19.2 Å². The summed E-state index contributed by atoms with van der Waals surface area (Å²) >= 11 is 0. The largest absolute Gasteiger partial charge is 0.466 e. The first-order valence-corrected chi connectivity index (χ1v) is 15.0. The number of esters is 3. The van der Waals surface area contributed by atoms with Gasteiger partial charge in [0.15, 0.2) is 0 Å². The van der Waals surface area contributed by atoms with E-state index in [2.05, 4.69) is 13.8 Å². The number of carbonyl (C=O) groups is 4. The van der Waals surface area contributed by atoms with Gasteiger partial charge in [-0.1, -0.05) is 85.0 Å². The van der Waals surface area contributed by atoms with Gasteiger partial charge in [0, 0.05) is 31.7 Å². The van der Waals surface area contributed by atoms with Crippen LogP contribution in [0.5, 0.6) is 0 Å². The van der Waals surface area contributed by atoms with Gasteiger partial charge >= 0.3 is 17.9 Å². The zero-order valence-corrected chi connectivity index (χ0v) is 24.5. The van der Waals surface area contributed by atoms with Crippen molar-refractivity contribution < 1.29 is 33.4 Å². The van der Waals surface area contributed by atoms with Gasteiger partial charge in [-0.25, -0.2) is 0 Å². The van der Waals surface area contributed by atoms with Gasteiger partial charge in [0.1, 0.15) is 6.10 Å². The van der Waals surface area contributed by atoms with Crippen molar-refractivity contribution in [2.75, 3.05) is 26.3 Å². The van der Waals surface area contributed by atoms with E-state index in [1.807, 2.05) is 6.92 Å². The molecule has 1 saturated heterocycles. The number of hydrogen-bond acceptors (Lipinski definition) is 7. The Balaban J connectivity index is 2.51. The fourth-order valence-electron chi connectivity index (χ4n) is 4.69. The molecule has 0 aliphatic carbocycles. The smallest absolute Gasteiger partial charge is 0.306 e. The van der Waals surface area contributed by atoms with Gasteiger partial charge in [0.25, 0.3) is 0 Å². The van der Waals surface area contributed by atoms with E-state index < -0.39 is 11.9 Å². The van der Waals surface area contributed by atoms with Crippen molar-refractivity contribution >= 4 is 23.8 Å². The fourth-order valence-corrected chi connectivity index (χ4v) is 4.69. The maximum atomic E-state index is 12.7. The number of ether oxygens (including phenoxy) is 3. The Kier molecular flexibility index (Phi) is 18.6. The van der Waals surface area contributed by atoms with Gasteiger partial charge in [0.2, 0.25) is 5.91 Å². The van der Waals surface area contributed by atoms with Crippen molar-refractivity contribution in [1.29, 1.82) is 0 Å². The molecule has 1 aliphatic heterocycles. The molecule has 0 aromatic heterocycles. The van der Waals surface area contributed by atoms with Gasteiger partial charge in [-0.2, -0.15) is 0 Å². The third kappa shape index (κ3) is 16.0. The number of carbonyl (C=O) groups excluding carboxylic acids is 4. The molecular formula is C30H53NO7. The molecule has 1 aliphatic rings. The van der Waals surface area contributed by atoms with Gasteiger partial charge < -0.3 is 19.1 Å². The first-order valence-electron chi connectivity index (χ1n) is 15.0. The Morgan fingerprint density at radius 2 is 1.32 bits per heavy atom. The molecule has 1 amide bonds. The van der Waals surface area contributed by atoms with Gasteiger partial charge in [-0.05, 0) is 12.8 Å². The van der Waals surface area contributed by atoms with E-state index in [1.165, 1.54) is 45.4 Å². The Labute approximate surface area is 230 Å². The third-order valence-corrected chi connectivity index (χ3v) is 7.16. The number of likely N-dealkylation sites (tertiary alicyclic amines) is 1. The molecule has 3 atom stereocenters. The lowest BCUT2D eigenvalue weighted by atomic mass is 10.0. The predicted molar refractivity (Wildman–Crippen MR) is 147 cm³/mol. The molecule has 0 saturated carbocycles. The summed E-state index contributed by atoms with van der Waals surface area (Å²) in [4.78, 5) is 50.8. The maximum Gasteiger partial charge on any atom is 0.306 e. The number of hydrogen-bond donors (Lipinski definition) is 0. The Morgan fingerprint density at radius 3 is 1.92 bits per heavy atom. The van der Waals surface area contributed by atoms with Crippen LogP contribution in [0.3, 0.4) is 0 Å². The number of unbranched alkanes of at least 4 members (excludes halogenated alkanes) is 10. The summed E-state index contributed by atoms with van der Waals surface area (Å²) < 4.78 is 16.5. The lowest BCUT2D eigenvalue weighted by molar-refractivity contribution is -0.156. The molecule has 0 bridgehead atoms. The average molecular weight is 540 g/mol. The Morgan fingerprint density at radius 1 is 0.737 bits per heavy atom. The molecule has 1 rings (SSSR count). The van der Waals surface area contributed by atoms with E-state index in [9.17, 15) is 19.2 Å². The lowest BCUT2D eigenvalue weighted by Crippen LogP contribution is -2.30. The molecule has 0 aromatic rings. The zero-order chi connectivity index (χ0) is 28.2. The Hall–Kier alpha value is -2.12. The predicted octanol–water partition coefficient (Wildman–Crippen LogP) is 5.99. The maximum absolute atomic E-state index is 12.7. The van der Waals surface area contributed by atoms with Crippen molar-refractivity contribution in [1.82, 2.24) is 4.90 Å². The van der Waals surface area contributed by atoms with Crippen molar-refractivity contribution in [2.24, 2.45) is 11.8 Å². The molecule has 1 heterocycles. The molecule has 0 radical (unpaired) electrons. The van der Waals surface area contributed by atoms with Crippen LogP contribution < -0.4 is 0 Å². The van der Waals surface area contributed by atoms with Gasteiger partial charge in [0.05, 0.1) is 32.6 Å². The van der Waals surface area contributed by atoms with E-state index in [1.54, 1.807) is 4.90 Å². The minimum atomic E-state index is -0.506. The molecule has 1 fully saturated rings. The van der Waals surface area contributed by atoms with Crippen LogP contribution in [0.25, 0.3) is 0 Å². The van der Waals surface area contributed by atoms with Crippen LogP contribution in [0.2, 0.25) is 0 Å². The minimum absolute atomic E-state index is 0.00494. The van der Waals surface area contributed by atoms with Crippen LogP contribution in [0.1, 0.15) is 124 Å². The lowest BCUT2D eigenvalue weighted by Gasteiger charge is -2.19. The molecule has 0 spiro atoms. The topological polar surface area (TPSA) is 99.2 Å². The van der Waals surface area contributed by atoms with E-state index in [0.29, 0.717) is 26.1 Å². The molecule has 8 heteroatoms. The summed E-state index contributed by atoms with van der Waals surface area (Å²) in [6, 6.07) is 0. The van der Waals surface area contributed by atoms with Crippen molar-refractivity contribution in [2.45, 2.75) is 130 Å². The van der Waals surface area contributed by atoms with E-state index in [0.717, 1.165) is 38.5 Å². The van der Waals surface area contributed by atoms with Gasteiger partial charge in [-0.15, -0.1) is 0 Å². The van der Waals surface area contributed by atoms with Crippen LogP contribution in [0.4, 0.5) is 0 Å². The first-order chi connectivity index (χ1) is 18.3. The van der Waals surface area contributed by atoms with Crippen LogP contribution in [0.15, 0.2) is 0 Å². The molecular weight excluding hydrogens is 486 g/mol. The van der Waals surface area contributed by atoms with Crippen molar-refractivity contribution in [3.8, 4) is 0 Å². The van der Waals surface area contributed by atoms with E-state index in [-0.39, 0.29) is 49.3 Å². The Bertz CT molecular complexity index is 696. The third-order valence-electron chi connectivity index (χ3n) is 7.16. The van der Waals surface area contributed by atoms with E-state index >= 15 is 0 Å². The highest BCUT2D eigenvalue weighted by Crippen LogP contribution is 2.22. The quantitative estimate of drug-likeness (QED) is 0.100. The van der Waals surface area contributed by atoms with Crippen LogP contribution in [0, 0.1) is 11.8 Å². The monoisotopic (exact) mass is 539 g/mol. The standard InChI is InChI=1S/C30H53NO7/c1-5-7-9-11-13-15-17-28(33)37-23-26(19-29(34)36-18-16-14-12-10-8-6-2)20-30(35)38-27-22-31(25(4)32)21-24(27)3/h24,26-27H,5-23H2,1-4H3. The molecule has 220 valence electrons. The SMILES string of the molecule is CCCCCCCCOC(=O)CC(COC(=O)CCCCCCCC)CC(=O)OC1CN(C(C)=O)CC1C. The minimum Gasteiger partial charge on any atom is -0.466 e.